The molecular weight excluding hydrogens is 394 g/mol. The van der Waals surface area contributed by atoms with Gasteiger partial charge in [0.15, 0.2) is 16.8 Å². The summed E-state index contributed by atoms with van der Waals surface area (Å²) in [6.45, 7) is 7.24. The van der Waals surface area contributed by atoms with E-state index in [9.17, 15) is 0 Å². The zero-order chi connectivity index (χ0) is 20.9. The lowest BCUT2D eigenvalue weighted by atomic mass is 10.1. The number of unbranched alkanes of at least 4 members (excludes halogenated alkanes) is 1. The molecule has 30 heavy (non-hydrogen) atoms. The summed E-state index contributed by atoms with van der Waals surface area (Å²) in [7, 11) is 0. The number of tetrazole rings is 1. The highest BCUT2D eigenvalue weighted by Gasteiger charge is 2.18. The zero-order valence-corrected chi connectivity index (χ0v) is 18.3. The molecule has 4 rings (SSSR count). The number of aromatic nitrogens is 7. The van der Waals surface area contributed by atoms with Crippen LogP contribution < -0.4 is 0 Å². The number of nitrogens with zero attached hydrogens (tertiary/aromatic N) is 7. The van der Waals surface area contributed by atoms with Gasteiger partial charge in [0.05, 0.1) is 11.4 Å². The summed E-state index contributed by atoms with van der Waals surface area (Å²) in [5.41, 5.74) is 4.58. The summed E-state index contributed by atoms with van der Waals surface area (Å²) in [5.74, 6) is 2.31. The lowest BCUT2D eigenvalue weighted by Crippen LogP contribution is -2.06. The quantitative estimate of drug-likeness (QED) is 0.388. The molecule has 2 aromatic heterocycles. The van der Waals surface area contributed by atoms with Gasteiger partial charge in [-0.3, -0.25) is 4.57 Å². The van der Waals surface area contributed by atoms with Gasteiger partial charge >= 0.3 is 0 Å². The maximum atomic E-state index is 4.52. The molecule has 0 aliphatic rings. The van der Waals surface area contributed by atoms with Gasteiger partial charge in [0.1, 0.15) is 0 Å². The fraction of sp³-hybridized carbons (Fsp3) is 0.318. The van der Waals surface area contributed by atoms with Crippen LogP contribution in [0.5, 0.6) is 0 Å². The lowest BCUT2D eigenvalue weighted by molar-refractivity contribution is 0.540. The summed E-state index contributed by atoms with van der Waals surface area (Å²) in [4.78, 5) is 0. The summed E-state index contributed by atoms with van der Waals surface area (Å²) in [5, 5.41) is 22.0. The molecule has 0 N–H and O–H groups in total. The fourth-order valence-electron chi connectivity index (χ4n) is 3.17. The predicted molar refractivity (Wildman–Crippen MR) is 119 cm³/mol. The highest BCUT2D eigenvalue weighted by molar-refractivity contribution is 7.98. The molecule has 2 heterocycles. The second-order valence-corrected chi connectivity index (χ2v) is 8.18. The van der Waals surface area contributed by atoms with E-state index in [0.717, 1.165) is 47.4 Å². The Kier molecular flexibility index (Phi) is 6.23. The van der Waals surface area contributed by atoms with Crippen molar-refractivity contribution in [3.63, 3.8) is 0 Å². The van der Waals surface area contributed by atoms with Crippen molar-refractivity contribution in [2.45, 2.75) is 51.1 Å². The summed E-state index contributed by atoms with van der Waals surface area (Å²) in [6.07, 6.45) is 2.16. The first kappa shape index (κ1) is 20.3. The number of hydrogen-bond donors (Lipinski definition) is 0. The minimum Gasteiger partial charge on any atom is -0.270 e. The van der Waals surface area contributed by atoms with Gasteiger partial charge in [-0.05, 0) is 54.0 Å². The Hall–Kier alpha value is -3.00. The number of aryl methyl sites for hydroxylation is 3. The Bertz CT molecular complexity index is 1120. The monoisotopic (exact) mass is 419 g/mol. The van der Waals surface area contributed by atoms with Gasteiger partial charge in [0.25, 0.3) is 0 Å². The van der Waals surface area contributed by atoms with E-state index in [0.29, 0.717) is 5.75 Å². The molecule has 7 nitrogen and oxygen atoms in total. The maximum Gasteiger partial charge on any atom is 0.196 e. The molecule has 0 fully saturated rings. The van der Waals surface area contributed by atoms with Crippen molar-refractivity contribution in [2.75, 3.05) is 0 Å². The molecule has 0 saturated heterocycles. The van der Waals surface area contributed by atoms with Crippen molar-refractivity contribution in [3.8, 4) is 17.1 Å². The van der Waals surface area contributed by atoms with Gasteiger partial charge in [0.2, 0.25) is 0 Å². The third-order valence-corrected chi connectivity index (χ3v) is 6.00. The molecule has 0 aliphatic heterocycles. The minimum atomic E-state index is 0.633. The third-order valence-electron chi connectivity index (χ3n) is 5.07. The smallest absolute Gasteiger partial charge is 0.196 e. The number of rotatable bonds is 8. The molecule has 0 saturated carbocycles. The summed E-state index contributed by atoms with van der Waals surface area (Å²) < 4.78 is 4.00. The molecule has 2 aromatic carbocycles. The highest BCUT2D eigenvalue weighted by Crippen LogP contribution is 2.30. The molecule has 154 valence electrons. The first-order chi connectivity index (χ1) is 14.7. The van der Waals surface area contributed by atoms with E-state index in [-0.39, 0.29) is 0 Å². The van der Waals surface area contributed by atoms with E-state index in [1.807, 2.05) is 22.9 Å². The van der Waals surface area contributed by atoms with Crippen LogP contribution in [0, 0.1) is 13.8 Å². The van der Waals surface area contributed by atoms with Gasteiger partial charge in [-0.1, -0.05) is 61.5 Å². The van der Waals surface area contributed by atoms with Crippen molar-refractivity contribution in [1.82, 2.24) is 35.0 Å². The van der Waals surface area contributed by atoms with Crippen molar-refractivity contribution in [2.24, 2.45) is 0 Å². The average Bonchev–Trinajstić information content (AvgIpc) is 3.40. The standard InChI is InChI=1S/C22H25N7S/c1-4-5-13-28-20(23-26-27-28)15-30-22-25-24-21(18-9-7-6-8-10-18)29(22)19-12-11-16(2)17(3)14-19/h6-12,14H,4-5,13,15H2,1-3H3. The highest BCUT2D eigenvalue weighted by atomic mass is 32.2. The van der Waals surface area contributed by atoms with Gasteiger partial charge < -0.3 is 0 Å². The molecule has 0 atom stereocenters. The number of thioether (sulfide) groups is 1. The van der Waals surface area contributed by atoms with Crippen LogP contribution in [0.2, 0.25) is 0 Å². The Morgan fingerprint density at radius 1 is 0.933 bits per heavy atom. The van der Waals surface area contributed by atoms with Crippen LogP contribution in [0.25, 0.3) is 17.1 Å². The Balaban J connectivity index is 1.69. The topological polar surface area (TPSA) is 74.3 Å². The van der Waals surface area contributed by atoms with Crippen LogP contribution in [-0.2, 0) is 12.3 Å². The van der Waals surface area contributed by atoms with Crippen molar-refractivity contribution in [3.05, 3.63) is 65.5 Å². The number of hydrogen-bond acceptors (Lipinski definition) is 6. The number of benzene rings is 2. The largest absolute Gasteiger partial charge is 0.270 e. The van der Waals surface area contributed by atoms with Crippen LogP contribution in [0.4, 0.5) is 0 Å². The zero-order valence-electron chi connectivity index (χ0n) is 17.5. The van der Waals surface area contributed by atoms with Crippen LogP contribution >= 0.6 is 11.8 Å². The molecule has 0 spiro atoms. The molecule has 0 radical (unpaired) electrons. The molecule has 8 heteroatoms. The molecule has 0 unspecified atom stereocenters. The van der Waals surface area contributed by atoms with E-state index in [2.05, 4.69) is 81.4 Å². The van der Waals surface area contributed by atoms with E-state index < -0.39 is 0 Å². The summed E-state index contributed by atoms with van der Waals surface area (Å²) >= 11 is 1.60. The second-order valence-electron chi connectivity index (χ2n) is 7.24. The predicted octanol–water partition coefficient (Wildman–Crippen LogP) is 4.63. The lowest BCUT2D eigenvalue weighted by Gasteiger charge is -2.12. The first-order valence-electron chi connectivity index (χ1n) is 10.1. The van der Waals surface area contributed by atoms with E-state index in [1.54, 1.807) is 11.8 Å². The fourth-order valence-corrected chi connectivity index (χ4v) is 4.06. The molecule has 0 bridgehead atoms. The van der Waals surface area contributed by atoms with E-state index >= 15 is 0 Å². The van der Waals surface area contributed by atoms with Crippen LogP contribution in [0.15, 0.2) is 53.7 Å². The molecule has 0 aliphatic carbocycles. The SMILES string of the molecule is CCCCn1nnnc1CSc1nnc(-c2ccccc2)n1-c1ccc(C)c(C)c1. The van der Waals surface area contributed by atoms with E-state index in [1.165, 1.54) is 11.1 Å². The normalized spacial score (nSPS) is 11.2. The van der Waals surface area contributed by atoms with Crippen LogP contribution in [0.3, 0.4) is 0 Å². The Morgan fingerprint density at radius 2 is 1.77 bits per heavy atom. The summed E-state index contributed by atoms with van der Waals surface area (Å²) in [6, 6.07) is 16.6. The minimum absolute atomic E-state index is 0.633. The van der Waals surface area contributed by atoms with Gasteiger partial charge in [-0.15, -0.1) is 15.3 Å². The van der Waals surface area contributed by atoms with Gasteiger partial charge in [0, 0.05) is 12.1 Å². The third kappa shape index (κ3) is 4.28. The Labute approximate surface area is 180 Å². The molecule has 0 amide bonds. The van der Waals surface area contributed by atoms with Gasteiger partial charge in [-0.2, -0.15) is 0 Å². The van der Waals surface area contributed by atoms with Crippen molar-refractivity contribution < 1.29 is 0 Å². The van der Waals surface area contributed by atoms with Crippen molar-refractivity contribution in [1.29, 1.82) is 0 Å². The van der Waals surface area contributed by atoms with E-state index in [4.69, 9.17) is 0 Å². The Morgan fingerprint density at radius 3 is 2.53 bits per heavy atom. The maximum absolute atomic E-state index is 4.52. The molecule has 4 aromatic rings. The second kappa shape index (κ2) is 9.21. The van der Waals surface area contributed by atoms with Crippen molar-refractivity contribution >= 4 is 11.8 Å². The van der Waals surface area contributed by atoms with Crippen LogP contribution in [-0.4, -0.2) is 35.0 Å². The molecular formula is C22H25N7S. The average molecular weight is 420 g/mol. The van der Waals surface area contributed by atoms with Crippen LogP contribution in [0.1, 0.15) is 36.7 Å². The van der Waals surface area contributed by atoms with Gasteiger partial charge in [-0.25, -0.2) is 4.68 Å². The first-order valence-corrected chi connectivity index (χ1v) is 11.1.